The van der Waals surface area contributed by atoms with E-state index in [1.54, 1.807) is 12.3 Å². The lowest BCUT2D eigenvalue weighted by atomic mass is 10.4. The average Bonchev–Trinajstić information content (AvgIpc) is 2.80. The Labute approximate surface area is 118 Å². The Morgan fingerprint density at radius 3 is 2.85 bits per heavy atom. The molecule has 0 aliphatic rings. The molecule has 0 saturated heterocycles. The highest BCUT2D eigenvalue weighted by atomic mass is 16.5. The van der Waals surface area contributed by atoms with E-state index in [0.29, 0.717) is 11.8 Å². The number of rotatable bonds is 7. The van der Waals surface area contributed by atoms with Crippen LogP contribution in [0.25, 0.3) is 0 Å². The fourth-order valence-electron chi connectivity index (χ4n) is 1.67. The average molecular weight is 276 g/mol. The van der Waals surface area contributed by atoms with Gasteiger partial charge in [-0.25, -0.2) is 4.98 Å². The van der Waals surface area contributed by atoms with Crippen molar-refractivity contribution in [1.29, 1.82) is 0 Å². The van der Waals surface area contributed by atoms with Gasteiger partial charge in [0.25, 0.3) is 0 Å². The molecule has 0 fully saturated rings. The molecule has 2 aromatic heterocycles. The van der Waals surface area contributed by atoms with Crippen molar-refractivity contribution < 1.29 is 4.52 Å². The maximum atomic E-state index is 4.98. The number of anilines is 3. The number of nitrogens with zero attached hydrogens (tertiary/aromatic N) is 4. The van der Waals surface area contributed by atoms with E-state index in [9.17, 15) is 0 Å². The lowest BCUT2D eigenvalue weighted by Gasteiger charge is -2.10. The fourth-order valence-corrected chi connectivity index (χ4v) is 1.67. The van der Waals surface area contributed by atoms with Gasteiger partial charge >= 0.3 is 0 Å². The molecule has 20 heavy (non-hydrogen) atoms. The summed E-state index contributed by atoms with van der Waals surface area (Å²) in [6.45, 7) is 3.75. The minimum atomic E-state index is 0.496. The Hall–Kier alpha value is -2.15. The lowest BCUT2D eigenvalue weighted by molar-refractivity contribution is 0.400. The molecule has 0 bridgehead atoms. The van der Waals surface area contributed by atoms with Gasteiger partial charge in [0, 0.05) is 18.8 Å². The molecule has 0 unspecified atom stereocenters. The van der Waals surface area contributed by atoms with Gasteiger partial charge in [0.05, 0.1) is 0 Å². The molecule has 7 nitrogen and oxygen atoms in total. The predicted octanol–water partition coefficient (Wildman–Crippen LogP) is 1.88. The van der Waals surface area contributed by atoms with Crippen molar-refractivity contribution in [2.75, 3.05) is 37.8 Å². The summed E-state index contributed by atoms with van der Waals surface area (Å²) in [5.41, 5.74) is 0. The highest BCUT2D eigenvalue weighted by Gasteiger charge is 2.03. The second-order valence-corrected chi connectivity index (χ2v) is 4.80. The zero-order valence-electron chi connectivity index (χ0n) is 12.1. The normalized spacial score (nSPS) is 10.8. The van der Waals surface area contributed by atoms with Crippen molar-refractivity contribution in [3.8, 4) is 0 Å². The summed E-state index contributed by atoms with van der Waals surface area (Å²) in [5.74, 6) is 2.63. The maximum Gasteiger partial charge on any atom is 0.230 e. The minimum Gasteiger partial charge on any atom is -0.370 e. The molecule has 0 amide bonds. The van der Waals surface area contributed by atoms with E-state index >= 15 is 0 Å². The molecule has 0 radical (unpaired) electrons. The number of aromatic nitrogens is 3. The molecule has 0 atom stereocenters. The van der Waals surface area contributed by atoms with E-state index < -0.39 is 0 Å². The summed E-state index contributed by atoms with van der Waals surface area (Å²) in [7, 11) is 4.12. The third-order valence-corrected chi connectivity index (χ3v) is 2.61. The van der Waals surface area contributed by atoms with Crippen LogP contribution in [0.2, 0.25) is 0 Å². The summed E-state index contributed by atoms with van der Waals surface area (Å²) >= 11 is 0. The fraction of sp³-hybridized carbons (Fsp3) is 0.462. The smallest absolute Gasteiger partial charge is 0.230 e. The molecule has 0 aliphatic carbocycles. The van der Waals surface area contributed by atoms with Crippen LogP contribution >= 0.6 is 0 Å². The Kier molecular flexibility index (Phi) is 4.89. The van der Waals surface area contributed by atoms with Crippen molar-refractivity contribution in [2.45, 2.75) is 13.3 Å². The summed E-state index contributed by atoms with van der Waals surface area (Å²) in [6.07, 6.45) is 2.76. The standard InChI is InChI=1S/C13H20N6O/c1-10-9-12(18-20-10)17-13-15-7-5-11(16-13)14-6-4-8-19(2)3/h5,7,9H,4,6,8H2,1-3H3,(H2,14,15,16,17,18). The number of nitrogens with one attached hydrogen (secondary N) is 2. The highest BCUT2D eigenvalue weighted by molar-refractivity contribution is 5.49. The number of hydrogen-bond acceptors (Lipinski definition) is 7. The molecular formula is C13H20N6O. The Morgan fingerprint density at radius 2 is 2.15 bits per heavy atom. The largest absolute Gasteiger partial charge is 0.370 e. The third-order valence-electron chi connectivity index (χ3n) is 2.61. The van der Waals surface area contributed by atoms with Crippen LogP contribution < -0.4 is 10.6 Å². The second-order valence-electron chi connectivity index (χ2n) is 4.80. The summed E-state index contributed by atoms with van der Waals surface area (Å²) in [6, 6.07) is 3.63. The first-order valence-electron chi connectivity index (χ1n) is 6.55. The Morgan fingerprint density at radius 1 is 1.30 bits per heavy atom. The van der Waals surface area contributed by atoms with Crippen LogP contribution in [0.4, 0.5) is 17.6 Å². The van der Waals surface area contributed by atoms with Crippen molar-refractivity contribution in [3.63, 3.8) is 0 Å². The molecule has 2 heterocycles. The van der Waals surface area contributed by atoms with Gasteiger partial charge in [-0.2, -0.15) is 4.98 Å². The molecule has 0 saturated carbocycles. The number of hydrogen-bond donors (Lipinski definition) is 2. The van der Waals surface area contributed by atoms with Crippen molar-refractivity contribution in [2.24, 2.45) is 0 Å². The second kappa shape index (κ2) is 6.85. The molecular weight excluding hydrogens is 256 g/mol. The first-order valence-corrected chi connectivity index (χ1v) is 6.55. The SMILES string of the molecule is Cc1cc(Nc2nccc(NCCCN(C)C)n2)no1. The van der Waals surface area contributed by atoms with E-state index in [4.69, 9.17) is 4.52 Å². The monoisotopic (exact) mass is 276 g/mol. The van der Waals surface area contributed by atoms with E-state index in [0.717, 1.165) is 31.1 Å². The van der Waals surface area contributed by atoms with Crippen LogP contribution in [0.5, 0.6) is 0 Å². The van der Waals surface area contributed by atoms with E-state index in [-0.39, 0.29) is 0 Å². The van der Waals surface area contributed by atoms with Gasteiger partial charge in [-0.15, -0.1) is 0 Å². The van der Waals surface area contributed by atoms with E-state index in [2.05, 4.69) is 44.8 Å². The lowest BCUT2D eigenvalue weighted by Crippen LogP contribution is -2.16. The van der Waals surface area contributed by atoms with Gasteiger partial charge in [-0.1, -0.05) is 5.16 Å². The molecule has 2 aromatic rings. The van der Waals surface area contributed by atoms with E-state index in [1.807, 2.05) is 13.0 Å². The zero-order chi connectivity index (χ0) is 14.4. The van der Waals surface area contributed by atoms with Gasteiger partial charge in [0.15, 0.2) is 5.82 Å². The summed E-state index contributed by atoms with van der Waals surface area (Å²) in [4.78, 5) is 10.7. The first kappa shape index (κ1) is 14.3. The zero-order valence-corrected chi connectivity index (χ0v) is 12.1. The summed E-state index contributed by atoms with van der Waals surface area (Å²) in [5, 5.41) is 10.1. The van der Waals surface area contributed by atoms with Crippen LogP contribution in [0, 0.1) is 6.92 Å². The maximum absolute atomic E-state index is 4.98. The van der Waals surface area contributed by atoms with E-state index in [1.165, 1.54) is 0 Å². The van der Waals surface area contributed by atoms with Crippen molar-refractivity contribution in [3.05, 3.63) is 24.1 Å². The third kappa shape index (κ3) is 4.51. The number of aryl methyl sites for hydroxylation is 1. The summed E-state index contributed by atoms with van der Waals surface area (Å²) < 4.78 is 4.98. The van der Waals surface area contributed by atoms with Gasteiger partial charge in [0.2, 0.25) is 5.95 Å². The van der Waals surface area contributed by atoms with Gasteiger partial charge in [-0.05, 0) is 40.1 Å². The quantitative estimate of drug-likeness (QED) is 0.747. The van der Waals surface area contributed by atoms with Crippen LogP contribution in [0.15, 0.2) is 22.9 Å². The first-order chi connectivity index (χ1) is 9.63. The van der Waals surface area contributed by atoms with Gasteiger partial charge < -0.3 is 20.1 Å². The van der Waals surface area contributed by atoms with Crippen LogP contribution in [-0.4, -0.2) is 47.2 Å². The molecule has 7 heteroatoms. The molecule has 0 aliphatic heterocycles. The van der Waals surface area contributed by atoms with Gasteiger partial charge in [0.1, 0.15) is 11.6 Å². The molecule has 0 spiro atoms. The van der Waals surface area contributed by atoms with Gasteiger partial charge in [-0.3, -0.25) is 0 Å². The van der Waals surface area contributed by atoms with Crippen LogP contribution in [0.1, 0.15) is 12.2 Å². The Bertz CT molecular complexity index is 539. The van der Waals surface area contributed by atoms with Crippen LogP contribution in [0.3, 0.4) is 0 Å². The van der Waals surface area contributed by atoms with Crippen molar-refractivity contribution >= 4 is 17.6 Å². The topological polar surface area (TPSA) is 79.1 Å². The van der Waals surface area contributed by atoms with Crippen LogP contribution in [-0.2, 0) is 0 Å². The Balaban J connectivity index is 1.87. The molecule has 0 aromatic carbocycles. The molecule has 108 valence electrons. The predicted molar refractivity (Wildman–Crippen MR) is 78.2 cm³/mol. The van der Waals surface area contributed by atoms with Crippen molar-refractivity contribution in [1.82, 2.24) is 20.0 Å². The highest BCUT2D eigenvalue weighted by Crippen LogP contribution is 2.13. The molecule has 2 N–H and O–H groups in total. The molecule has 2 rings (SSSR count). The minimum absolute atomic E-state index is 0.496.